The van der Waals surface area contributed by atoms with Crippen molar-refractivity contribution in [2.24, 2.45) is 0 Å². The van der Waals surface area contributed by atoms with Gasteiger partial charge in [-0.3, -0.25) is 9.59 Å². The van der Waals surface area contributed by atoms with Crippen molar-refractivity contribution in [3.8, 4) is 5.75 Å². The van der Waals surface area contributed by atoms with Gasteiger partial charge in [0.05, 0.1) is 12.7 Å². The molecule has 1 unspecified atom stereocenters. The molecular formula is C27H26N2O5. The van der Waals surface area contributed by atoms with Crippen molar-refractivity contribution in [3.63, 3.8) is 0 Å². The third-order valence-electron chi connectivity index (χ3n) is 6.56. The molecule has 2 aromatic carbocycles. The Bertz CT molecular complexity index is 1200. The first-order valence-electron chi connectivity index (χ1n) is 11.5. The highest BCUT2D eigenvalue weighted by atomic mass is 16.5. The monoisotopic (exact) mass is 458 g/mol. The van der Waals surface area contributed by atoms with Crippen LogP contribution in [0.3, 0.4) is 0 Å². The van der Waals surface area contributed by atoms with Gasteiger partial charge in [0.2, 0.25) is 0 Å². The lowest BCUT2D eigenvalue weighted by atomic mass is 9.74. The van der Waals surface area contributed by atoms with Gasteiger partial charge in [-0.15, -0.1) is 0 Å². The lowest BCUT2D eigenvalue weighted by molar-refractivity contribution is -0.137. The standard InChI is InChI=1S/C27H26N2O5/c1-33-27(32)24-22(18-10-12-19(13-11-18)34-16-17-6-3-2-4-7-17)23-20(8-5-9-21(23)30)29-15-14-28-26(31)25(24)29/h2-4,6-7,10-13,22H,5,8-9,14-16H2,1H3,(H,28,31). The van der Waals surface area contributed by atoms with Crippen molar-refractivity contribution in [1.29, 1.82) is 0 Å². The molecule has 1 fully saturated rings. The number of ketones is 1. The van der Waals surface area contributed by atoms with Crippen LogP contribution in [-0.2, 0) is 25.7 Å². The fourth-order valence-corrected chi connectivity index (χ4v) is 5.03. The molecule has 0 aromatic heterocycles. The summed E-state index contributed by atoms with van der Waals surface area (Å²) in [7, 11) is 1.30. The van der Waals surface area contributed by atoms with Gasteiger partial charge in [-0.25, -0.2) is 4.79 Å². The van der Waals surface area contributed by atoms with E-state index in [1.54, 1.807) is 0 Å². The van der Waals surface area contributed by atoms with Gasteiger partial charge in [0.1, 0.15) is 18.1 Å². The molecule has 1 aliphatic carbocycles. The molecule has 3 aliphatic rings. The minimum Gasteiger partial charge on any atom is -0.489 e. The van der Waals surface area contributed by atoms with E-state index in [0.717, 1.165) is 23.2 Å². The second-order valence-corrected chi connectivity index (χ2v) is 8.57. The molecule has 7 heteroatoms. The van der Waals surface area contributed by atoms with E-state index in [2.05, 4.69) is 5.32 Å². The van der Waals surface area contributed by atoms with Crippen LogP contribution < -0.4 is 10.1 Å². The summed E-state index contributed by atoms with van der Waals surface area (Å²) in [5, 5.41) is 2.84. The number of hydrogen-bond donors (Lipinski definition) is 1. The number of nitrogens with one attached hydrogen (secondary N) is 1. The molecule has 1 saturated heterocycles. The zero-order valence-corrected chi connectivity index (χ0v) is 19.0. The van der Waals surface area contributed by atoms with E-state index in [9.17, 15) is 14.4 Å². The molecule has 1 N–H and O–H groups in total. The zero-order chi connectivity index (χ0) is 23.7. The maximum absolute atomic E-state index is 13.2. The van der Waals surface area contributed by atoms with E-state index < -0.39 is 11.9 Å². The van der Waals surface area contributed by atoms with Crippen molar-refractivity contribution in [2.45, 2.75) is 31.8 Å². The van der Waals surface area contributed by atoms with Gasteiger partial charge in [-0.05, 0) is 36.1 Å². The fraction of sp³-hybridized carbons (Fsp3) is 0.296. The van der Waals surface area contributed by atoms with Crippen molar-refractivity contribution >= 4 is 17.7 Å². The van der Waals surface area contributed by atoms with Gasteiger partial charge < -0.3 is 19.7 Å². The molecule has 0 saturated carbocycles. The number of Topliss-reactive ketones (excluding diaryl/α,β-unsaturated/α-hetero) is 1. The molecule has 5 rings (SSSR count). The summed E-state index contributed by atoms with van der Waals surface area (Å²) >= 11 is 0. The number of methoxy groups -OCH3 is 1. The lowest BCUT2D eigenvalue weighted by Gasteiger charge is -2.43. The fourth-order valence-electron chi connectivity index (χ4n) is 5.03. The molecule has 0 bridgehead atoms. The molecule has 0 spiro atoms. The van der Waals surface area contributed by atoms with Crippen LogP contribution in [0.15, 0.2) is 77.1 Å². The first-order valence-corrected chi connectivity index (χ1v) is 11.5. The Morgan fingerprint density at radius 3 is 2.56 bits per heavy atom. The largest absolute Gasteiger partial charge is 0.489 e. The van der Waals surface area contributed by atoms with E-state index in [1.165, 1.54) is 7.11 Å². The van der Waals surface area contributed by atoms with Crippen LogP contribution in [0.2, 0.25) is 0 Å². The minimum absolute atomic E-state index is 0.0158. The molecule has 34 heavy (non-hydrogen) atoms. The van der Waals surface area contributed by atoms with Crippen LogP contribution in [0, 0.1) is 0 Å². The summed E-state index contributed by atoms with van der Waals surface area (Å²) in [6, 6.07) is 17.3. The summed E-state index contributed by atoms with van der Waals surface area (Å²) in [5.41, 5.74) is 3.77. The van der Waals surface area contributed by atoms with Crippen molar-refractivity contribution in [1.82, 2.24) is 10.2 Å². The van der Waals surface area contributed by atoms with Crippen LogP contribution in [0.4, 0.5) is 0 Å². The number of nitrogens with zero attached hydrogens (tertiary/aromatic N) is 1. The van der Waals surface area contributed by atoms with Crippen molar-refractivity contribution < 1.29 is 23.9 Å². The molecule has 0 radical (unpaired) electrons. The number of rotatable bonds is 5. The number of esters is 1. The number of fused-ring (bicyclic) bond motifs is 2. The number of carbonyl (C=O) groups excluding carboxylic acids is 3. The van der Waals surface area contributed by atoms with Gasteiger partial charge in [-0.2, -0.15) is 0 Å². The number of carbonyl (C=O) groups is 3. The second kappa shape index (κ2) is 9.17. The van der Waals surface area contributed by atoms with Crippen LogP contribution in [0.1, 0.15) is 36.3 Å². The molecule has 2 aliphatic heterocycles. The van der Waals surface area contributed by atoms with Crippen LogP contribution in [0.25, 0.3) is 0 Å². The highest BCUT2D eigenvalue weighted by molar-refractivity contribution is 6.09. The highest BCUT2D eigenvalue weighted by Crippen LogP contribution is 2.47. The Kier molecular flexibility index (Phi) is 5.92. The van der Waals surface area contributed by atoms with Crippen LogP contribution in [0.5, 0.6) is 5.75 Å². The summed E-state index contributed by atoms with van der Waals surface area (Å²) in [4.78, 5) is 41.0. The number of amides is 1. The summed E-state index contributed by atoms with van der Waals surface area (Å²) in [6.45, 7) is 1.41. The Morgan fingerprint density at radius 2 is 1.82 bits per heavy atom. The predicted octanol–water partition coefficient (Wildman–Crippen LogP) is 3.23. The first-order chi connectivity index (χ1) is 16.6. The minimum atomic E-state index is -0.659. The average molecular weight is 459 g/mol. The summed E-state index contributed by atoms with van der Waals surface area (Å²) in [6.07, 6.45) is 1.86. The maximum atomic E-state index is 13.2. The number of hydrogen-bond acceptors (Lipinski definition) is 6. The van der Waals surface area contributed by atoms with E-state index >= 15 is 0 Å². The zero-order valence-electron chi connectivity index (χ0n) is 19.0. The molecule has 2 heterocycles. The lowest BCUT2D eigenvalue weighted by Crippen LogP contribution is -2.50. The molecular weight excluding hydrogens is 432 g/mol. The molecule has 1 amide bonds. The third kappa shape index (κ3) is 3.87. The van der Waals surface area contributed by atoms with E-state index in [0.29, 0.717) is 49.6 Å². The summed E-state index contributed by atoms with van der Waals surface area (Å²) in [5.74, 6) is -0.882. The van der Waals surface area contributed by atoms with Crippen molar-refractivity contribution in [2.75, 3.05) is 20.2 Å². The van der Waals surface area contributed by atoms with Gasteiger partial charge in [0.25, 0.3) is 5.91 Å². The second-order valence-electron chi connectivity index (χ2n) is 8.57. The number of allylic oxidation sites excluding steroid dienone is 2. The topological polar surface area (TPSA) is 84.9 Å². The Morgan fingerprint density at radius 1 is 1.06 bits per heavy atom. The number of piperazine rings is 1. The van der Waals surface area contributed by atoms with E-state index in [4.69, 9.17) is 9.47 Å². The molecule has 174 valence electrons. The number of benzene rings is 2. The molecule has 1 atom stereocenters. The average Bonchev–Trinajstić information content (AvgIpc) is 2.87. The van der Waals surface area contributed by atoms with Gasteiger partial charge in [0, 0.05) is 36.7 Å². The molecule has 2 aromatic rings. The smallest absolute Gasteiger partial charge is 0.337 e. The Balaban J connectivity index is 1.55. The van der Waals surface area contributed by atoms with E-state index in [-0.39, 0.29) is 17.3 Å². The Hall–Kier alpha value is -3.87. The number of ether oxygens (including phenoxy) is 2. The highest BCUT2D eigenvalue weighted by Gasteiger charge is 2.45. The predicted molar refractivity (Wildman–Crippen MR) is 125 cm³/mol. The summed E-state index contributed by atoms with van der Waals surface area (Å²) < 4.78 is 11.0. The quantitative estimate of drug-likeness (QED) is 0.693. The normalized spacial score (nSPS) is 19.9. The van der Waals surface area contributed by atoms with Gasteiger partial charge >= 0.3 is 5.97 Å². The van der Waals surface area contributed by atoms with E-state index in [1.807, 2.05) is 59.5 Å². The SMILES string of the molecule is COC(=O)C1=C2C(=O)NCCN2C2=C(C(=O)CCC2)C1c1ccc(OCc2ccccc2)cc1. The molecule has 7 nitrogen and oxygen atoms in total. The van der Waals surface area contributed by atoms with Crippen LogP contribution in [-0.4, -0.2) is 42.8 Å². The Labute approximate surface area is 198 Å². The maximum Gasteiger partial charge on any atom is 0.337 e. The van der Waals surface area contributed by atoms with Crippen molar-refractivity contribution in [3.05, 3.63) is 88.3 Å². The third-order valence-corrected chi connectivity index (χ3v) is 6.56. The van der Waals surface area contributed by atoms with Gasteiger partial charge in [-0.1, -0.05) is 42.5 Å². The first kappa shape index (κ1) is 21.9. The van der Waals surface area contributed by atoms with Crippen LogP contribution >= 0.6 is 0 Å². The van der Waals surface area contributed by atoms with Gasteiger partial charge in [0.15, 0.2) is 5.78 Å².